The summed E-state index contributed by atoms with van der Waals surface area (Å²) in [5.74, 6) is 1.53. The van der Waals surface area contributed by atoms with Crippen molar-refractivity contribution in [1.29, 1.82) is 0 Å². The average molecular weight is 404 g/mol. The van der Waals surface area contributed by atoms with E-state index < -0.39 is 0 Å². The lowest BCUT2D eigenvalue weighted by molar-refractivity contribution is 0.0897. The summed E-state index contributed by atoms with van der Waals surface area (Å²) in [7, 11) is 1.65. The van der Waals surface area contributed by atoms with Gasteiger partial charge in [0, 0.05) is 29.8 Å². The number of rotatable bonds is 5. The van der Waals surface area contributed by atoms with E-state index in [4.69, 9.17) is 22.1 Å². The number of carbonyl (C=O) groups excluding carboxylic acids is 1. The second kappa shape index (κ2) is 7.91. The van der Waals surface area contributed by atoms with Gasteiger partial charge in [-0.1, -0.05) is 25.4 Å². The summed E-state index contributed by atoms with van der Waals surface area (Å²) in [6.45, 7) is 9.16. The molecule has 0 bridgehead atoms. The molecule has 2 aromatic rings. The fourth-order valence-electron chi connectivity index (χ4n) is 3.82. The van der Waals surface area contributed by atoms with Crippen molar-refractivity contribution in [2.45, 2.75) is 40.7 Å². The van der Waals surface area contributed by atoms with Gasteiger partial charge in [0.05, 0.1) is 24.9 Å². The summed E-state index contributed by atoms with van der Waals surface area (Å²) in [5.41, 5.74) is 8.97. The fraction of sp³-hybridized carbons (Fsp3) is 0.500. The number of carbonyl (C=O) groups is 1. The van der Waals surface area contributed by atoms with Gasteiger partial charge in [0.2, 0.25) is 5.95 Å². The Kier molecular flexibility index (Phi) is 5.74. The molecule has 1 aliphatic heterocycles. The minimum Gasteiger partial charge on any atom is -0.496 e. The minimum atomic E-state index is -0.176. The summed E-state index contributed by atoms with van der Waals surface area (Å²) in [5, 5.41) is 0.108. The Labute approximate surface area is 170 Å². The first-order valence-corrected chi connectivity index (χ1v) is 9.71. The molecule has 0 aliphatic carbocycles. The van der Waals surface area contributed by atoms with Crippen molar-refractivity contribution in [3.8, 4) is 5.75 Å². The molecule has 1 aliphatic rings. The van der Waals surface area contributed by atoms with Crippen LogP contribution < -0.4 is 15.4 Å². The fourth-order valence-corrected chi connectivity index (χ4v) is 4.08. The smallest absolute Gasteiger partial charge is 0.223 e. The van der Waals surface area contributed by atoms with Gasteiger partial charge in [-0.25, -0.2) is 4.98 Å². The Morgan fingerprint density at radius 1 is 1.36 bits per heavy atom. The van der Waals surface area contributed by atoms with E-state index in [-0.39, 0.29) is 22.8 Å². The third-order valence-electron chi connectivity index (χ3n) is 5.07. The SMILES string of the molecule is COc1c(C)cnc(CN2CC(CC(C)C)C(=O)c3c(Cl)nc(N)nc32)c1C. The summed E-state index contributed by atoms with van der Waals surface area (Å²) in [6, 6.07) is 0. The molecule has 0 saturated heterocycles. The molecule has 150 valence electrons. The lowest BCUT2D eigenvalue weighted by Crippen LogP contribution is -2.41. The van der Waals surface area contributed by atoms with Gasteiger partial charge in [0.15, 0.2) is 5.78 Å². The van der Waals surface area contributed by atoms with Gasteiger partial charge >= 0.3 is 0 Å². The van der Waals surface area contributed by atoms with Crippen molar-refractivity contribution in [2.24, 2.45) is 11.8 Å². The number of fused-ring (bicyclic) bond motifs is 1. The minimum absolute atomic E-state index is 0.0175. The summed E-state index contributed by atoms with van der Waals surface area (Å²) >= 11 is 6.30. The van der Waals surface area contributed by atoms with Gasteiger partial charge in [0.1, 0.15) is 16.7 Å². The molecule has 0 fully saturated rings. The molecule has 0 amide bonds. The number of pyridine rings is 1. The van der Waals surface area contributed by atoms with Crippen molar-refractivity contribution < 1.29 is 9.53 Å². The van der Waals surface area contributed by atoms with Crippen LogP contribution in [0.25, 0.3) is 0 Å². The van der Waals surface area contributed by atoms with Gasteiger partial charge in [-0.3, -0.25) is 9.78 Å². The van der Waals surface area contributed by atoms with E-state index in [1.165, 1.54) is 0 Å². The quantitative estimate of drug-likeness (QED) is 0.762. The zero-order valence-electron chi connectivity index (χ0n) is 16.9. The van der Waals surface area contributed by atoms with E-state index in [1.807, 2.05) is 18.7 Å². The number of Topliss-reactive ketones (excluding diaryl/α,β-unsaturated/α-hetero) is 1. The number of aromatic nitrogens is 3. The Morgan fingerprint density at radius 2 is 2.07 bits per heavy atom. The number of nitrogens with zero attached hydrogens (tertiary/aromatic N) is 4. The molecule has 3 heterocycles. The van der Waals surface area contributed by atoms with Crippen LogP contribution in [0.3, 0.4) is 0 Å². The molecule has 7 nitrogen and oxygen atoms in total. The first-order valence-electron chi connectivity index (χ1n) is 9.34. The molecule has 0 radical (unpaired) electrons. The summed E-state index contributed by atoms with van der Waals surface area (Å²) in [6.07, 6.45) is 2.56. The van der Waals surface area contributed by atoms with E-state index in [1.54, 1.807) is 13.3 Å². The number of ketones is 1. The highest BCUT2D eigenvalue weighted by atomic mass is 35.5. The van der Waals surface area contributed by atoms with Crippen molar-refractivity contribution in [1.82, 2.24) is 15.0 Å². The molecule has 8 heteroatoms. The van der Waals surface area contributed by atoms with Crippen LogP contribution in [0.15, 0.2) is 6.20 Å². The van der Waals surface area contributed by atoms with Crippen LogP contribution in [-0.4, -0.2) is 34.4 Å². The van der Waals surface area contributed by atoms with Gasteiger partial charge in [-0.2, -0.15) is 4.98 Å². The first kappa shape index (κ1) is 20.3. The van der Waals surface area contributed by atoms with Gasteiger partial charge in [-0.05, 0) is 26.2 Å². The van der Waals surface area contributed by atoms with Gasteiger partial charge < -0.3 is 15.4 Å². The van der Waals surface area contributed by atoms with Gasteiger partial charge in [0.25, 0.3) is 0 Å². The molecule has 0 aromatic carbocycles. The number of anilines is 2. The molecule has 0 saturated carbocycles. The normalized spacial score (nSPS) is 16.5. The van der Waals surface area contributed by atoms with E-state index in [9.17, 15) is 4.79 Å². The summed E-state index contributed by atoms with van der Waals surface area (Å²) in [4.78, 5) is 28.0. The number of hydrogen-bond acceptors (Lipinski definition) is 7. The standard InChI is InChI=1S/C20H26ClN5O2/c1-10(2)6-13-8-26(9-14-12(4)17(28-5)11(3)7-23-14)19-15(16(13)27)18(21)24-20(22)25-19/h7,10,13H,6,8-9H2,1-5H3,(H2,22,24,25). The average Bonchev–Trinajstić information content (AvgIpc) is 2.60. The van der Waals surface area contributed by atoms with Crippen LogP contribution in [0.1, 0.15) is 47.4 Å². The molecule has 3 rings (SSSR count). The Morgan fingerprint density at radius 3 is 2.71 bits per heavy atom. The van der Waals surface area contributed by atoms with Crippen LogP contribution in [0.5, 0.6) is 5.75 Å². The molecule has 2 aromatic heterocycles. The molecule has 28 heavy (non-hydrogen) atoms. The Hall–Kier alpha value is -2.41. The lowest BCUT2D eigenvalue weighted by atomic mass is 9.87. The van der Waals surface area contributed by atoms with Crippen molar-refractivity contribution in [3.63, 3.8) is 0 Å². The topological polar surface area (TPSA) is 94.2 Å². The largest absolute Gasteiger partial charge is 0.496 e. The van der Waals surface area contributed by atoms with Crippen LogP contribution >= 0.6 is 11.6 Å². The van der Waals surface area contributed by atoms with Crippen molar-refractivity contribution in [2.75, 3.05) is 24.3 Å². The van der Waals surface area contributed by atoms with Crippen LogP contribution in [0.4, 0.5) is 11.8 Å². The second-order valence-electron chi connectivity index (χ2n) is 7.69. The van der Waals surface area contributed by atoms with Crippen LogP contribution in [0.2, 0.25) is 5.15 Å². The highest BCUT2D eigenvalue weighted by Crippen LogP contribution is 2.36. The predicted octanol–water partition coefficient (Wildman–Crippen LogP) is 3.60. The maximum Gasteiger partial charge on any atom is 0.223 e. The maximum absolute atomic E-state index is 13.0. The number of nitrogen functional groups attached to an aromatic ring is 1. The van der Waals surface area contributed by atoms with Crippen LogP contribution in [0, 0.1) is 25.7 Å². The molecular formula is C20H26ClN5O2. The van der Waals surface area contributed by atoms with Crippen molar-refractivity contribution >= 4 is 29.2 Å². The summed E-state index contributed by atoms with van der Waals surface area (Å²) < 4.78 is 5.52. The van der Waals surface area contributed by atoms with Crippen LogP contribution in [-0.2, 0) is 6.54 Å². The Balaban J connectivity index is 2.05. The monoisotopic (exact) mass is 403 g/mol. The van der Waals surface area contributed by atoms with Crippen molar-refractivity contribution in [3.05, 3.63) is 33.7 Å². The zero-order chi connectivity index (χ0) is 20.6. The third kappa shape index (κ3) is 3.76. The van der Waals surface area contributed by atoms with Gasteiger partial charge in [-0.15, -0.1) is 0 Å². The molecular weight excluding hydrogens is 378 g/mol. The van der Waals surface area contributed by atoms with E-state index in [0.29, 0.717) is 30.4 Å². The molecule has 2 N–H and O–H groups in total. The van der Waals surface area contributed by atoms with E-state index >= 15 is 0 Å². The number of ether oxygens (including phenoxy) is 1. The second-order valence-corrected chi connectivity index (χ2v) is 8.05. The molecule has 1 unspecified atom stereocenters. The molecule has 0 spiro atoms. The Bertz CT molecular complexity index is 916. The lowest BCUT2D eigenvalue weighted by Gasteiger charge is -2.35. The highest BCUT2D eigenvalue weighted by molar-refractivity contribution is 6.34. The van der Waals surface area contributed by atoms with E-state index in [2.05, 4.69) is 28.8 Å². The van der Waals surface area contributed by atoms with E-state index in [0.717, 1.165) is 29.0 Å². The number of aryl methyl sites for hydroxylation is 1. The predicted molar refractivity (Wildman–Crippen MR) is 110 cm³/mol. The number of hydrogen-bond donors (Lipinski definition) is 1. The maximum atomic E-state index is 13.0. The highest BCUT2D eigenvalue weighted by Gasteiger charge is 2.36. The number of nitrogens with two attached hydrogens (primary N) is 1. The zero-order valence-corrected chi connectivity index (χ0v) is 17.7. The number of halogens is 1. The first-order chi connectivity index (χ1) is 13.2. The number of methoxy groups -OCH3 is 1. The third-order valence-corrected chi connectivity index (χ3v) is 5.34. The molecule has 1 atom stereocenters.